The molecule has 0 spiro atoms. The lowest BCUT2D eigenvalue weighted by Crippen LogP contribution is -1.87. The molecule has 0 bridgehead atoms. The maximum absolute atomic E-state index is 12.5. The van der Waals surface area contributed by atoms with Crippen LogP contribution in [-0.2, 0) is 5.75 Å². The van der Waals surface area contributed by atoms with Crippen molar-refractivity contribution in [3.8, 4) is 0 Å². The first-order chi connectivity index (χ1) is 7.77. The molecule has 2 nitrogen and oxygen atoms in total. The second-order valence-electron chi connectivity index (χ2n) is 3.22. The number of aromatic nitrogens is 2. The minimum absolute atomic E-state index is 0.0964. The summed E-state index contributed by atoms with van der Waals surface area (Å²) < 4.78 is 25.0. The molecule has 5 heteroatoms. The fraction of sp³-hybridized carbons (Fsp3) is 0.182. The molecule has 1 aromatic carbocycles. The summed E-state index contributed by atoms with van der Waals surface area (Å²) >= 11 is 1.36. The lowest BCUT2D eigenvalue weighted by atomic mass is 10.2. The Morgan fingerprint density at radius 1 is 1.25 bits per heavy atom. The Labute approximate surface area is 96.1 Å². The Morgan fingerprint density at radius 2 is 2.00 bits per heavy atom. The molecule has 0 radical (unpaired) electrons. The zero-order chi connectivity index (χ0) is 11.4. The van der Waals surface area contributed by atoms with Crippen molar-refractivity contribution in [3.63, 3.8) is 0 Å². The summed E-state index contributed by atoms with van der Waals surface area (Å²) in [5.41, 5.74) is 1.01. The summed E-state index contributed by atoms with van der Waals surface area (Å²) in [4.78, 5) is 0.513. The van der Waals surface area contributed by atoms with E-state index >= 15 is 0 Å². The van der Waals surface area contributed by atoms with Crippen LogP contribution >= 0.6 is 11.8 Å². The van der Waals surface area contributed by atoms with Crippen LogP contribution in [0.25, 0.3) is 0 Å². The lowest BCUT2D eigenvalue weighted by molar-refractivity contribution is 0.143. The first-order valence-electron chi connectivity index (χ1n) is 4.75. The fourth-order valence-corrected chi connectivity index (χ4v) is 2.22. The average Bonchev–Trinajstić information content (AvgIpc) is 2.76. The molecule has 1 N–H and O–H groups in total. The van der Waals surface area contributed by atoms with Gasteiger partial charge in [-0.05, 0) is 5.56 Å². The zero-order valence-corrected chi connectivity index (χ0v) is 9.18. The van der Waals surface area contributed by atoms with Gasteiger partial charge in [0.1, 0.15) is 5.69 Å². The van der Waals surface area contributed by atoms with Crippen LogP contribution in [0.2, 0.25) is 0 Å². The molecule has 1 heterocycles. The van der Waals surface area contributed by atoms with E-state index in [1.165, 1.54) is 18.0 Å². The molecule has 84 valence electrons. The highest BCUT2D eigenvalue weighted by Gasteiger charge is 2.15. The van der Waals surface area contributed by atoms with Gasteiger partial charge in [0, 0.05) is 5.75 Å². The quantitative estimate of drug-likeness (QED) is 0.826. The highest BCUT2D eigenvalue weighted by molar-refractivity contribution is 7.98. The van der Waals surface area contributed by atoms with Crippen molar-refractivity contribution in [1.29, 1.82) is 0 Å². The van der Waals surface area contributed by atoms with Gasteiger partial charge in [0.15, 0.2) is 0 Å². The standard InChI is InChI=1S/C11H10F2N2S/c12-11(13)10-9(6-14-15-10)16-7-8-4-2-1-3-5-8/h1-6,11H,7H2,(H,14,15). The van der Waals surface area contributed by atoms with Crippen LogP contribution in [0.15, 0.2) is 41.4 Å². The van der Waals surface area contributed by atoms with E-state index in [-0.39, 0.29) is 5.69 Å². The number of alkyl halides is 2. The van der Waals surface area contributed by atoms with Crippen molar-refractivity contribution in [3.05, 3.63) is 47.8 Å². The zero-order valence-electron chi connectivity index (χ0n) is 8.36. The molecule has 0 fully saturated rings. The molecule has 0 atom stereocenters. The highest BCUT2D eigenvalue weighted by Crippen LogP contribution is 2.30. The molecule has 0 amide bonds. The Balaban J connectivity index is 2.02. The first-order valence-corrected chi connectivity index (χ1v) is 5.74. The topological polar surface area (TPSA) is 28.7 Å². The van der Waals surface area contributed by atoms with E-state index in [1.54, 1.807) is 0 Å². The predicted molar refractivity (Wildman–Crippen MR) is 59.5 cm³/mol. The van der Waals surface area contributed by atoms with E-state index in [4.69, 9.17) is 0 Å². The Hall–Kier alpha value is -1.36. The highest BCUT2D eigenvalue weighted by atomic mass is 32.2. The summed E-state index contributed by atoms with van der Waals surface area (Å²) in [6, 6.07) is 9.72. The van der Waals surface area contributed by atoms with E-state index in [9.17, 15) is 8.78 Å². The Bertz CT molecular complexity index is 442. The van der Waals surface area contributed by atoms with Gasteiger partial charge in [-0.25, -0.2) is 8.78 Å². The molecule has 0 unspecified atom stereocenters. The summed E-state index contributed by atoms with van der Waals surface area (Å²) in [6.07, 6.45) is -1.06. The minimum Gasteiger partial charge on any atom is -0.276 e. The third-order valence-corrected chi connectivity index (χ3v) is 3.20. The van der Waals surface area contributed by atoms with Crippen LogP contribution in [0.4, 0.5) is 8.78 Å². The van der Waals surface area contributed by atoms with Crippen molar-refractivity contribution < 1.29 is 8.78 Å². The van der Waals surface area contributed by atoms with Crippen LogP contribution in [0.3, 0.4) is 0 Å². The second kappa shape index (κ2) is 5.12. The maximum Gasteiger partial charge on any atom is 0.280 e. The van der Waals surface area contributed by atoms with Crippen molar-refractivity contribution >= 4 is 11.8 Å². The maximum atomic E-state index is 12.5. The van der Waals surface area contributed by atoms with Gasteiger partial charge < -0.3 is 0 Å². The molecule has 0 saturated carbocycles. The van der Waals surface area contributed by atoms with Gasteiger partial charge in [-0.2, -0.15) is 5.10 Å². The number of halogens is 2. The fourth-order valence-electron chi connectivity index (χ4n) is 1.29. The second-order valence-corrected chi connectivity index (χ2v) is 4.24. The largest absolute Gasteiger partial charge is 0.280 e. The van der Waals surface area contributed by atoms with Crippen LogP contribution in [0.1, 0.15) is 17.7 Å². The van der Waals surface area contributed by atoms with Gasteiger partial charge >= 0.3 is 0 Å². The van der Waals surface area contributed by atoms with E-state index in [0.29, 0.717) is 10.6 Å². The van der Waals surface area contributed by atoms with E-state index < -0.39 is 6.43 Å². The van der Waals surface area contributed by atoms with Crippen LogP contribution < -0.4 is 0 Å². The molecule has 0 aliphatic carbocycles. The summed E-state index contributed by atoms with van der Waals surface area (Å²) in [7, 11) is 0. The molecule has 2 aromatic rings. The van der Waals surface area contributed by atoms with Gasteiger partial charge in [0.25, 0.3) is 6.43 Å². The van der Waals surface area contributed by atoms with Gasteiger partial charge in [-0.1, -0.05) is 30.3 Å². The van der Waals surface area contributed by atoms with Crippen LogP contribution in [0.5, 0.6) is 0 Å². The normalized spacial score (nSPS) is 10.9. The number of nitrogens with zero attached hydrogens (tertiary/aromatic N) is 1. The van der Waals surface area contributed by atoms with Crippen molar-refractivity contribution in [1.82, 2.24) is 10.2 Å². The van der Waals surface area contributed by atoms with Gasteiger partial charge in [0.05, 0.1) is 11.1 Å². The number of thioether (sulfide) groups is 1. The number of aromatic amines is 1. The molecule has 0 saturated heterocycles. The molecular weight excluding hydrogens is 230 g/mol. The summed E-state index contributed by atoms with van der Waals surface area (Å²) in [5.74, 6) is 0.667. The predicted octanol–water partition coefficient (Wildman–Crippen LogP) is 3.64. The molecule has 2 rings (SSSR count). The number of H-pyrrole nitrogens is 1. The van der Waals surface area contributed by atoms with E-state index in [0.717, 1.165) is 5.56 Å². The summed E-state index contributed by atoms with van der Waals surface area (Å²) in [5, 5.41) is 5.95. The minimum atomic E-state index is -2.50. The average molecular weight is 240 g/mol. The Morgan fingerprint density at radius 3 is 2.69 bits per heavy atom. The van der Waals surface area contributed by atoms with Gasteiger partial charge in [-0.3, -0.25) is 5.10 Å². The van der Waals surface area contributed by atoms with Gasteiger partial charge in [-0.15, -0.1) is 11.8 Å². The molecule has 16 heavy (non-hydrogen) atoms. The first kappa shape index (κ1) is 11.1. The lowest BCUT2D eigenvalue weighted by Gasteiger charge is -2.02. The Kier molecular flexibility index (Phi) is 3.56. The van der Waals surface area contributed by atoms with Crippen LogP contribution in [-0.4, -0.2) is 10.2 Å². The third kappa shape index (κ3) is 2.61. The van der Waals surface area contributed by atoms with E-state index in [1.807, 2.05) is 30.3 Å². The number of nitrogens with one attached hydrogen (secondary N) is 1. The van der Waals surface area contributed by atoms with Gasteiger partial charge in [0.2, 0.25) is 0 Å². The van der Waals surface area contributed by atoms with Crippen molar-refractivity contribution in [2.45, 2.75) is 17.1 Å². The summed E-state index contributed by atoms with van der Waals surface area (Å²) in [6.45, 7) is 0. The molecule has 0 aliphatic rings. The SMILES string of the molecule is FC(F)c1[nH]ncc1SCc1ccccc1. The number of hydrogen-bond acceptors (Lipinski definition) is 2. The number of benzene rings is 1. The van der Waals surface area contributed by atoms with Crippen molar-refractivity contribution in [2.24, 2.45) is 0 Å². The molecular formula is C11H10F2N2S. The van der Waals surface area contributed by atoms with Crippen LogP contribution in [0, 0.1) is 0 Å². The van der Waals surface area contributed by atoms with Crippen molar-refractivity contribution in [2.75, 3.05) is 0 Å². The number of hydrogen-bond donors (Lipinski definition) is 1. The third-order valence-electron chi connectivity index (χ3n) is 2.09. The molecule has 0 aliphatic heterocycles. The smallest absolute Gasteiger partial charge is 0.276 e. The number of rotatable bonds is 4. The van der Waals surface area contributed by atoms with E-state index in [2.05, 4.69) is 10.2 Å². The monoisotopic (exact) mass is 240 g/mol. The molecule has 1 aromatic heterocycles.